The summed E-state index contributed by atoms with van der Waals surface area (Å²) in [6, 6.07) is 83.5. The zero-order valence-electron chi connectivity index (χ0n) is 35.8. The van der Waals surface area contributed by atoms with E-state index in [1.54, 1.807) is 0 Å². The fraction of sp³-hybridized carbons (Fsp3) is 0. The Morgan fingerprint density at radius 3 is 0.758 bits per heavy atom. The third kappa shape index (κ3) is 5.42. The van der Waals surface area contributed by atoms with Gasteiger partial charge in [-0.25, -0.2) is 0 Å². The zero-order chi connectivity index (χ0) is 43.3. The van der Waals surface area contributed by atoms with E-state index in [1.807, 2.05) is 24.3 Å². The van der Waals surface area contributed by atoms with Crippen LogP contribution in [0.3, 0.4) is 0 Å². The van der Waals surface area contributed by atoms with Crippen molar-refractivity contribution < 1.29 is 8.83 Å². The van der Waals surface area contributed by atoms with E-state index < -0.39 is 0 Å². The molecule has 0 aliphatic rings. The van der Waals surface area contributed by atoms with Crippen molar-refractivity contribution in [3.63, 3.8) is 0 Å². The van der Waals surface area contributed by atoms with Crippen LogP contribution in [0.2, 0.25) is 0 Å². The van der Waals surface area contributed by atoms with Crippen molar-refractivity contribution in [1.82, 2.24) is 0 Å². The molecule has 0 saturated heterocycles. The molecule has 2 heteroatoms. The average Bonchev–Trinajstić information content (AvgIpc) is 4.01. The van der Waals surface area contributed by atoms with Crippen LogP contribution in [-0.4, -0.2) is 0 Å². The molecular formula is C64H38O2. The first-order valence-electron chi connectivity index (χ1n) is 22.7. The highest BCUT2D eigenvalue weighted by Crippen LogP contribution is 2.50. The third-order valence-electron chi connectivity index (χ3n) is 13.9. The molecule has 0 atom stereocenters. The molecule has 2 nitrogen and oxygen atoms in total. The van der Waals surface area contributed by atoms with Crippen molar-refractivity contribution in [1.29, 1.82) is 0 Å². The first kappa shape index (κ1) is 36.7. The Morgan fingerprint density at radius 2 is 0.439 bits per heavy atom. The SMILES string of the molecule is c1ccc2oc(-c3c4ccccc4c(-c4ccc(-c5ccc(-c6c7ccccc7c(-c7cc8ccccc8o7)c7ccccc67)c6ccccc56)c5ccccc45)c4ccccc34)cc2c1. The number of furan rings is 2. The van der Waals surface area contributed by atoms with E-state index in [2.05, 4.69) is 206 Å². The zero-order valence-corrected chi connectivity index (χ0v) is 35.8. The molecule has 0 radical (unpaired) electrons. The van der Waals surface area contributed by atoms with Crippen molar-refractivity contribution in [3.8, 4) is 56.0 Å². The summed E-state index contributed by atoms with van der Waals surface area (Å²) in [7, 11) is 0. The Hall–Kier alpha value is -8.72. The van der Waals surface area contributed by atoms with Gasteiger partial charge in [0.15, 0.2) is 0 Å². The van der Waals surface area contributed by atoms with Gasteiger partial charge in [0, 0.05) is 21.9 Å². The molecule has 306 valence electrons. The molecule has 2 heterocycles. The van der Waals surface area contributed by atoms with E-state index in [1.165, 1.54) is 98.0 Å². The molecule has 0 amide bonds. The van der Waals surface area contributed by atoms with Gasteiger partial charge in [-0.1, -0.05) is 206 Å². The average molecular weight is 839 g/mol. The fourth-order valence-corrected chi connectivity index (χ4v) is 11.1. The molecule has 12 aromatic carbocycles. The van der Waals surface area contributed by atoms with Crippen molar-refractivity contribution >= 4 is 86.6 Å². The maximum Gasteiger partial charge on any atom is 0.136 e. The summed E-state index contributed by atoms with van der Waals surface area (Å²) in [5.74, 6) is 1.77. The van der Waals surface area contributed by atoms with Gasteiger partial charge >= 0.3 is 0 Å². The highest BCUT2D eigenvalue weighted by atomic mass is 16.3. The van der Waals surface area contributed by atoms with E-state index in [0.717, 1.165) is 44.6 Å². The highest BCUT2D eigenvalue weighted by molar-refractivity contribution is 6.26. The first-order chi connectivity index (χ1) is 32.8. The van der Waals surface area contributed by atoms with Crippen molar-refractivity contribution in [2.45, 2.75) is 0 Å². The van der Waals surface area contributed by atoms with Crippen LogP contribution in [0.15, 0.2) is 239 Å². The Balaban J connectivity index is 0.984. The number of benzene rings is 12. The number of rotatable bonds is 5. The predicted molar refractivity (Wildman–Crippen MR) is 278 cm³/mol. The summed E-state index contributed by atoms with van der Waals surface area (Å²) < 4.78 is 13.2. The second-order valence-corrected chi connectivity index (χ2v) is 17.4. The van der Waals surface area contributed by atoms with E-state index >= 15 is 0 Å². The summed E-state index contributed by atoms with van der Waals surface area (Å²) in [6.45, 7) is 0. The van der Waals surface area contributed by atoms with Gasteiger partial charge in [0.2, 0.25) is 0 Å². The van der Waals surface area contributed by atoms with Crippen LogP contribution < -0.4 is 0 Å². The molecule has 0 fully saturated rings. The number of hydrogen-bond acceptors (Lipinski definition) is 2. The van der Waals surface area contributed by atoms with E-state index in [4.69, 9.17) is 8.83 Å². The Morgan fingerprint density at radius 1 is 0.197 bits per heavy atom. The van der Waals surface area contributed by atoms with Crippen LogP contribution in [0.4, 0.5) is 0 Å². The number of hydrogen-bond donors (Lipinski definition) is 0. The van der Waals surface area contributed by atoms with Gasteiger partial charge in [-0.15, -0.1) is 0 Å². The van der Waals surface area contributed by atoms with E-state index in [0.29, 0.717) is 0 Å². The Kier molecular flexibility index (Phi) is 8.02. The lowest BCUT2D eigenvalue weighted by Gasteiger charge is -2.20. The topological polar surface area (TPSA) is 26.3 Å². The van der Waals surface area contributed by atoms with Gasteiger partial charge in [-0.3, -0.25) is 0 Å². The normalized spacial score (nSPS) is 11.9. The molecule has 0 aliphatic heterocycles. The van der Waals surface area contributed by atoms with E-state index in [9.17, 15) is 0 Å². The maximum absolute atomic E-state index is 6.59. The molecular weight excluding hydrogens is 801 g/mol. The largest absolute Gasteiger partial charge is 0.456 e. The molecule has 0 N–H and O–H groups in total. The maximum atomic E-state index is 6.59. The lowest BCUT2D eigenvalue weighted by molar-refractivity contribution is 0.632. The second-order valence-electron chi connectivity index (χ2n) is 17.4. The molecule has 14 aromatic rings. The lowest BCUT2D eigenvalue weighted by atomic mass is 9.83. The van der Waals surface area contributed by atoms with E-state index in [-0.39, 0.29) is 0 Å². The smallest absolute Gasteiger partial charge is 0.136 e. The summed E-state index contributed by atoms with van der Waals surface area (Å²) >= 11 is 0. The molecule has 0 saturated carbocycles. The van der Waals surface area contributed by atoms with Gasteiger partial charge in [-0.2, -0.15) is 0 Å². The summed E-state index contributed by atoms with van der Waals surface area (Å²) in [6.07, 6.45) is 0. The third-order valence-corrected chi connectivity index (χ3v) is 13.9. The van der Waals surface area contributed by atoms with Crippen LogP contribution in [0.1, 0.15) is 0 Å². The Labute approximate surface area is 380 Å². The van der Waals surface area contributed by atoms with Crippen LogP contribution in [-0.2, 0) is 0 Å². The van der Waals surface area contributed by atoms with Gasteiger partial charge in [0.25, 0.3) is 0 Å². The highest BCUT2D eigenvalue weighted by Gasteiger charge is 2.23. The molecule has 0 unspecified atom stereocenters. The van der Waals surface area contributed by atoms with Gasteiger partial charge in [0.05, 0.1) is 0 Å². The first-order valence-corrected chi connectivity index (χ1v) is 22.7. The molecule has 0 spiro atoms. The van der Waals surface area contributed by atoms with Gasteiger partial charge < -0.3 is 8.83 Å². The van der Waals surface area contributed by atoms with Crippen LogP contribution in [0.25, 0.3) is 143 Å². The molecule has 66 heavy (non-hydrogen) atoms. The van der Waals surface area contributed by atoms with Crippen molar-refractivity contribution in [2.75, 3.05) is 0 Å². The second kappa shape index (κ2) is 14.4. The predicted octanol–water partition coefficient (Wildman–Crippen LogP) is 18.4. The minimum absolute atomic E-state index is 0.883. The minimum Gasteiger partial charge on any atom is -0.456 e. The lowest BCUT2D eigenvalue weighted by Crippen LogP contribution is -1.93. The molecule has 14 rings (SSSR count). The summed E-state index contributed by atoms with van der Waals surface area (Å²) in [4.78, 5) is 0. The van der Waals surface area contributed by atoms with Gasteiger partial charge in [0.1, 0.15) is 22.7 Å². The van der Waals surface area contributed by atoms with Gasteiger partial charge in [-0.05, 0) is 122 Å². The molecule has 0 aliphatic carbocycles. The van der Waals surface area contributed by atoms with Crippen LogP contribution in [0.5, 0.6) is 0 Å². The standard InChI is InChI=1S/C64H38O2/c1-15-31-57-39(17-1)37-59(65-57)63-51-27-11-7-23-47(51)61(48-24-8-12-28-52(48)63)55-35-33-45(41-19-3-5-21-43(41)55)46-34-36-56(44-22-6-4-20-42(44)46)62-49-25-9-13-29-53(49)64(54-30-14-10-26-50(54)62)60-38-40-18-2-16-32-58(40)66-60/h1-38H. The quantitative estimate of drug-likeness (QED) is 0.161. The summed E-state index contributed by atoms with van der Waals surface area (Å²) in [5.41, 5.74) is 11.3. The molecule has 0 bridgehead atoms. The number of fused-ring (bicyclic) bond motifs is 8. The van der Waals surface area contributed by atoms with Crippen LogP contribution >= 0.6 is 0 Å². The fourth-order valence-electron chi connectivity index (χ4n) is 11.1. The van der Waals surface area contributed by atoms with Crippen molar-refractivity contribution in [3.05, 3.63) is 231 Å². The number of para-hydroxylation sites is 2. The summed E-state index contributed by atoms with van der Waals surface area (Å²) in [5, 5.41) is 16.6. The molecule has 2 aromatic heterocycles. The monoisotopic (exact) mass is 838 g/mol. The van der Waals surface area contributed by atoms with Crippen molar-refractivity contribution in [2.24, 2.45) is 0 Å². The van der Waals surface area contributed by atoms with Crippen LogP contribution in [0, 0.1) is 0 Å². The minimum atomic E-state index is 0.883. The Bertz CT molecular complexity index is 3840.